The predicted octanol–water partition coefficient (Wildman–Crippen LogP) is 6.01. The van der Waals surface area contributed by atoms with Crippen LogP contribution in [0.3, 0.4) is 0 Å². The van der Waals surface area contributed by atoms with Gasteiger partial charge in [-0.05, 0) is 40.7 Å². The topological polar surface area (TPSA) is 34.1 Å². The van der Waals surface area contributed by atoms with Crippen molar-refractivity contribution >= 4 is 9.84 Å². The Morgan fingerprint density at radius 3 is 1.81 bits per heavy atom. The fourth-order valence-electron chi connectivity index (χ4n) is 3.20. The Morgan fingerprint density at radius 2 is 1.26 bits per heavy atom. The van der Waals surface area contributed by atoms with E-state index in [1.807, 2.05) is 18.2 Å². The smallest absolute Gasteiger partial charge is 0.202 e. The van der Waals surface area contributed by atoms with Gasteiger partial charge < -0.3 is 0 Å². The van der Waals surface area contributed by atoms with Gasteiger partial charge in [0.05, 0.1) is 4.90 Å². The second kappa shape index (κ2) is 7.53. The predicted molar refractivity (Wildman–Crippen MR) is 112 cm³/mol. The van der Waals surface area contributed by atoms with E-state index in [2.05, 4.69) is 56.8 Å². The van der Waals surface area contributed by atoms with Crippen molar-refractivity contribution in [3.63, 3.8) is 0 Å². The molecule has 0 atom stereocenters. The summed E-state index contributed by atoms with van der Waals surface area (Å²) in [6.45, 7) is 7.99. The molecule has 0 aromatic heterocycles. The van der Waals surface area contributed by atoms with Gasteiger partial charge >= 0.3 is 0 Å². The minimum absolute atomic E-state index is 0.242. The number of sulfone groups is 1. The van der Waals surface area contributed by atoms with Gasteiger partial charge in [0.15, 0.2) is 0 Å². The van der Waals surface area contributed by atoms with Gasteiger partial charge in [0, 0.05) is 4.91 Å². The summed E-state index contributed by atoms with van der Waals surface area (Å²) in [7, 11) is -3.53. The van der Waals surface area contributed by atoms with Gasteiger partial charge in [-0.25, -0.2) is 8.42 Å². The summed E-state index contributed by atoms with van der Waals surface area (Å²) in [6, 6.07) is 27.0. The van der Waals surface area contributed by atoms with Crippen LogP contribution >= 0.6 is 0 Å². The van der Waals surface area contributed by atoms with Crippen LogP contribution in [0.1, 0.15) is 25.8 Å². The number of allylic oxidation sites excluding steroid dienone is 1. The van der Waals surface area contributed by atoms with E-state index in [0.717, 1.165) is 16.7 Å². The Kier molecular flexibility index (Phi) is 5.33. The van der Waals surface area contributed by atoms with E-state index in [0.29, 0.717) is 11.3 Å². The number of rotatable bonds is 6. The highest BCUT2D eigenvalue weighted by atomic mass is 32.2. The van der Waals surface area contributed by atoms with Crippen LogP contribution in [0.4, 0.5) is 0 Å². The largest absolute Gasteiger partial charge is 0.219 e. The lowest BCUT2D eigenvalue weighted by atomic mass is 9.81. The molecule has 0 saturated carbocycles. The van der Waals surface area contributed by atoms with Crippen LogP contribution in [0, 0.1) is 0 Å². The van der Waals surface area contributed by atoms with Gasteiger partial charge in [-0.15, -0.1) is 0 Å². The fraction of sp³-hybridized carbons (Fsp3) is 0.167. The van der Waals surface area contributed by atoms with Crippen LogP contribution < -0.4 is 0 Å². The van der Waals surface area contributed by atoms with Gasteiger partial charge in [-0.3, -0.25) is 0 Å². The fourth-order valence-corrected chi connectivity index (χ4v) is 4.60. The molecule has 0 bridgehead atoms. The van der Waals surface area contributed by atoms with Gasteiger partial charge in [0.2, 0.25) is 9.84 Å². The van der Waals surface area contributed by atoms with Crippen LogP contribution in [-0.4, -0.2) is 8.42 Å². The maximum atomic E-state index is 12.8. The average molecular weight is 377 g/mol. The third kappa shape index (κ3) is 4.20. The van der Waals surface area contributed by atoms with Crippen molar-refractivity contribution in [2.45, 2.75) is 30.6 Å². The molecule has 0 radical (unpaired) electrons. The Balaban J connectivity index is 1.81. The van der Waals surface area contributed by atoms with E-state index in [-0.39, 0.29) is 10.3 Å². The van der Waals surface area contributed by atoms with Crippen LogP contribution in [0.25, 0.3) is 11.1 Å². The SMILES string of the molecule is C=C(CC(C)(C)c1ccc(-c2ccccc2)cc1)S(=O)(=O)c1ccccc1. The Morgan fingerprint density at radius 1 is 0.778 bits per heavy atom. The molecule has 0 aliphatic carbocycles. The summed E-state index contributed by atoms with van der Waals surface area (Å²) < 4.78 is 25.6. The molecule has 0 unspecified atom stereocenters. The van der Waals surface area contributed by atoms with Gasteiger partial charge in [-0.1, -0.05) is 93.2 Å². The molecule has 3 heteroatoms. The zero-order chi connectivity index (χ0) is 19.5. The molecule has 0 amide bonds. The van der Waals surface area contributed by atoms with E-state index in [9.17, 15) is 8.42 Å². The molecule has 0 heterocycles. The highest BCUT2D eigenvalue weighted by molar-refractivity contribution is 7.95. The molecule has 0 saturated heterocycles. The summed E-state index contributed by atoms with van der Waals surface area (Å²) in [4.78, 5) is 0.538. The molecule has 0 N–H and O–H groups in total. The second-order valence-electron chi connectivity index (χ2n) is 7.36. The third-order valence-corrected chi connectivity index (χ3v) is 6.64. The monoisotopic (exact) mass is 376 g/mol. The number of hydrogen-bond donors (Lipinski definition) is 0. The first-order valence-corrected chi connectivity index (χ1v) is 10.4. The van der Waals surface area contributed by atoms with Gasteiger partial charge in [0.25, 0.3) is 0 Å². The van der Waals surface area contributed by atoms with Crippen molar-refractivity contribution in [3.8, 4) is 11.1 Å². The van der Waals surface area contributed by atoms with Crippen molar-refractivity contribution in [2.75, 3.05) is 0 Å². The van der Waals surface area contributed by atoms with Gasteiger partial charge in [0.1, 0.15) is 0 Å². The lowest BCUT2D eigenvalue weighted by Gasteiger charge is -2.26. The molecule has 27 heavy (non-hydrogen) atoms. The summed E-state index contributed by atoms with van der Waals surface area (Å²) in [5.41, 5.74) is 3.06. The van der Waals surface area contributed by atoms with E-state index < -0.39 is 9.84 Å². The second-order valence-corrected chi connectivity index (χ2v) is 9.41. The molecule has 3 aromatic carbocycles. The minimum atomic E-state index is -3.53. The molecule has 2 nitrogen and oxygen atoms in total. The summed E-state index contributed by atoms with van der Waals surface area (Å²) in [5, 5.41) is 0. The zero-order valence-corrected chi connectivity index (χ0v) is 16.5. The molecule has 0 aliphatic rings. The van der Waals surface area contributed by atoms with Crippen molar-refractivity contribution in [1.29, 1.82) is 0 Å². The van der Waals surface area contributed by atoms with Crippen molar-refractivity contribution in [1.82, 2.24) is 0 Å². The molecular formula is C24H24O2S. The molecule has 0 spiro atoms. The van der Waals surface area contributed by atoms with Crippen LogP contribution in [0.15, 0.2) is 101 Å². The maximum Gasteiger partial charge on any atom is 0.202 e. The highest BCUT2D eigenvalue weighted by Gasteiger charge is 2.28. The standard InChI is InChI=1S/C24H24O2S/c1-19(27(25,26)23-12-8-5-9-13-23)18-24(2,3)22-16-14-21(15-17-22)20-10-6-4-7-11-20/h4-17H,1,18H2,2-3H3. The first-order chi connectivity index (χ1) is 12.8. The Bertz CT molecular complexity index is 1020. The van der Waals surface area contributed by atoms with Gasteiger partial charge in [-0.2, -0.15) is 0 Å². The molecule has 0 aliphatic heterocycles. The summed E-state index contributed by atoms with van der Waals surface area (Å²) in [6.07, 6.45) is 0.370. The molecule has 3 rings (SSSR count). The number of hydrogen-bond acceptors (Lipinski definition) is 2. The van der Waals surface area contributed by atoms with Crippen LogP contribution in [0.5, 0.6) is 0 Å². The first-order valence-electron chi connectivity index (χ1n) is 8.94. The third-order valence-electron chi connectivity index (χ3n) is 4.85. The average Bonchev–Trinajstić information content (AvgIpc) is 2.69. The van der Waals surface area contributed by atoms with E-state index in [4.69, 9.17) is 0 Å². The van der Waals surface area contributed by atoms with E-state index in [1.54, 1.807) is 30.3 Å². The van der Waals surface area contributed by atoms with Crippen LogP contribution in [0.2, 0.25) is 0 Å². The van der Waals surface area contributed by atoms with E-state index in [1.165, 1.54) is 0 Å². The Labute approximate surface area is 162 Å². The normalized spacial score (nSPS) is 11.9. The lowest BCUT2D eigenvalue weighted by Crippen LogP contribution is -2.20. The quantitative estimate of drug-likeness (QED) is 0.528. The van der Waals surface area contributed by atoms with Crippen LogP contribution in [-0.2, 0) is 15.3 Å². The van der Waals surface area contributed by atoms with Crippen molar-refractivity contribution in [2.24, 2.45) is 0 Å². The first kappa shape index (κ1) is 19.1. The lowest BCUT2D eigenvalue weighted by molar-refractivity contribution is 0.523. The number of benzene rings is 3. The van der Waals surface area contributed by atoms with Crippen molar-refractivity contribution < 1.29 is 8.42 Å². The molecule has 0 fully saturated rings. The zero-order valence-electron chi connectivity index (χ0n) is 15.7. The highest BCUT2D eigenvalue weighted by Crippen LogP contribution is 2.34. The minimum Gasteiger partial charge on any atom is -0.219 e. The van der Waals surface area contributed by atoms with E-state index >= 15 is 0 Å². The summed E-state index contributed by atoms with van der Waals surface area (Å²) >= 11 is 0. The van der Waals surface area contributed by atoms with Crippen molar-refractivity contribution in [3.05, 3.63) is 102 Å². The molecular weight excluding hydrogens is 352 g/mol. The maximum absolute atomic E-state index is 12.8. The molecule has 3 aromatic rings. The summed E-state index contributed by atoms with van der Waals surface area (Å²) in [5.74, 6) is 0. The molecule has 138 valence electrons. The Hall–Kier alpha value is -2.65.